The summed E-state index contributed by atoms with van der Waals surface area (Å²) < 4.78 is 0. The molecule has 0 N–H and O–H groups in total. The molecular weight excluding hydrogens is 214 g/mol. The van der Waals surface area contributed by atoms with Crippen LogP contribution in [0.25, 0.3) is 0 Å². The maximum Gasteiger partial charge on any atom is 0.239 e. The molecule has 98 valence electrons. The number of likely N-dealkylation sites (tertiary alicyclic amines) is 1. The van der Waals surface area contributed by atoms with Crippen LogP contribution in [0.3, 0.4) is 0 Å². The molecule has 2 aliphatic rings. The summed E-state index contributed by atoms with van der Waals surface area (Å²) in [4.78, 5) is 18.7. The first kappa shape index (κ1) is 12.8. The van der Waals surface area contributed by atoms with Gasteiger partial charge >= 0.3 is 0 Å². The molecule has 2 aliphatic heterocycles. The highest BCUT2D eigenvalue weighted by Gasteiger charge is 2.35. The van der Waals surface area contributed by atoms with E-state index in [9.17, 15) is 4.79 Å². The zero-order chi connectivity index (χ0) is 12.4. The second-order valence-electron chi connectivity index (χ2n) is 5.39. The highest BCUT2D eigenvalue weighted by molar-refractivity contribution is 5.83. The highest BCUT2D eigenvalue weighted by atomic mass is 16.2. The van der Waals surface area contributed by atoms with Gasteiger partial charge in [-0.2, -0.15) is 0 Å². The zero-order valence-corrected chi connectivity index (χ0v) is 11.4. The minimum absolute atomic E-state index is 0.166. The van der Waals surface area contributed by atoms with Crippen molar-refractivity contribution >= 4 is 5.91 Å². The smallest absolute Gasteiger partial charge is 0.239 e. The molecule has 4 nitrogen and oxygen atoms in total. The number of carbonyl (C=O) groups is 1. The van der Waals surface area contributed by atoms with Crippen molar-refractivity contribution in [3.8, 4) is 0 Å². The summed E-state index contributed by atoms with van der Waals surface area (Å²) in [5.41, 5.74) is 0. The summed E-state index contributed by atoms with van der Waals surface area (Å²) in [7, 11) is 1.91. The number of rotatable bonds is 3. The van der Waals surface area contributed by atoms with Gasteiger partial charge in [-0.25, -0.2) is 0 Å². The maximum atomic E-state index is 11.9. The molecule has 2 fully saturated rings. The molecule has 0 bridgehead atoms. The zero-order valence-electron chi connectivity index (χ0n) is 11.4. The average Bonchev–Trinajstić information content (AvgIpc) is 2.69. The molecule has 0 aromatic carbocycles. The third kappa shape index (κ3) is 2.63. The van der Waals surface area contributed by atoms with Crippen LogP contribution in [0.1, 0.15) is 26.7 Å². The van der Waals surface area contributed by atoms with Gasteiger partial charge in [0.05, 0.1) is 6.04 Å². The van der Waals surface area contributed by atoms with Crippen LogP contribution in [0.2, 0.25) is 0 Å². The molecule has 2 heterocycles. The van der Waals surface area contributed by atoms with Crippen LogP contribution >= 0.6 is 0 Å². The third-order valence-corrected chi connectivity index (χ3v) is 4.40. The summed E-state index contributed by atoms with van der Waals surface area (Å²) in [6.45, 7) is 9.79. The van der Waals surface area contributed by atoms with Crippen molar-refractivity contribution < 1.29 is 4.79 Å². The SMILES string of the molecule is CCC(C)N1CCN(C2CCN(C)C2=O)CC1. The first-order valence-corrected chi connectivity index (χ1v) is 6.86. The molecule has 0 saturated carbocycles. The molecule has 2 rings (SSSR count). The Bertz CT molecular complexity index is 274. The molecule has 4 heteroatoms. The molecular formula is C13H25N3O. The van der Waals surface area contributed by atoms with Crippen LogP contribution in [0.4, 0.5) is 0 Å². The Balaban J connectivity index is 1.85. The monoisotopic (exact) mass is 239 g/mol. The van der Waals surface area contributed by atoms with Crippen molar-refractivity contribution in [3.63, 3.8) is 0 Å². The number of hydrogen-bond acceptors (Lipinski definition) is 3. The Morgan fingerprint density at radius 1 is 1.24 bits per heavy atom. The van der Waals surface area contributed by atoms with Crippen molar-refractivity contribution in [2.75, 3.05) is 39.8 Å². The number of carbonyl (C=O) groups excluding carboxylic acids is 1. The van der Waals surface area contributed by atoms with E-state index < -0.39 is 0 Å². The quantitative estimate of drug-likeness (QED) is 0.723. The molecule has 0 aromatic rings. The van der Waals surface area contributed by atoms with Gasteiger partial charge in [-0.15, -0.1) is 0 Å². The Hall–Kier alpha value is -0.610. The van der Waals surface area contributed by atoms with Crippen LogP contribution in [0, 0.1) is 0 Å². The fourth-order valence-corrected chi connectivity index (χ4v) is 2.89. The lowest BCUT2D eigenvalue weighted by Gasteiger charge is -2.39. The van der Waals surface area contributed by atoms with Crippen LogP contribution < -0.4 is 0 Å². The van der Waals surface area contributed by atoms with E-state index in [1.807, 2.05) is 11.9 Å². The van der Waals surface area contributed by atoms with E-state index in [0.717, 1.165) is 39.1 Å². The summed E-state index contributed by atoms with van der Waals surface area (Å²) in [6, 6.07) is 0.846. The van der Waals surface area contributed by atoms with E-state index in [-0.39, 0.29) is 6.04 Å². The molecule has 2 unspecified atom stereocenters. The number of amides is 1. The molecule has 17 heavy (non-hydrogen) atoms. The average molecular weight is 239 g/mol. The normalized spacial score (nSPS) is 29.9. The van der Waals surface area contributed by atoms with Crippen molar-refractivity contribution in [3.05, 3.63) is 0 Å². The lowest BCUT2D eigenvalue weighted by molar-refractivity contribution is -0.131. The lowest BCUT2D eigenvalue weighted by Crippen LogP contribution is -2.54. The largest absolute Gasteiger partial charge is 0.344 e. The Morgan fingerprint density at radius 2 is 1.88 bits per heavy atom. The summed E-state index contributed by atoms with van der Waals surface area (Å²) in [5, 5.41) is 0. The van der Waals surface area contributed by atoms with E-state index in [1.54, 1.807) is 0 Å². The van der Waals surface area contributed by atoms with Crippen LogP contribution in [-0.2, 0) is 4.79 Å². The van der Waals surface area contributed by atoms with Gasteiger partial charge in [0, 0.05) is 45.8 Å². The number of piperazine rings is 1. The topological polar surface area (TPSA) is 26.8 Å². The second kappa shape index (κ2) is 5.36. The lowest BCUT2D eigenvalue weighted by atomic mass is 10.1. The van der Waals surface area contributed by atoms with Gasteiger partial charge in [0.1, 0.15) is 0 Å². The summed E-state index contributed by atoms with van der Waals surface area (Å²) >= 11 is 0. The Morgan fingerprint density at radius 3 is 2.35 bits per heavy atom. The Labute approximate surface area is 105 Å². The van der Waals surface area contributed by atoms with E-state index >= 15 is 0 Å². The number of hydrogen-bond donors (Lipinski definition) is 0. The van der Waals surface area contributed by atoms with E-state index in [2.05, 4.69) is 23.6 Å². The van der Waals surface area contributed by atoms with E-state index in [4.69, 9.17) is 0 Å². The van der Waals surface area contributed by atoms with Crippen LogP contribution in [0.5, 0.6) is 0 Å². The second-order valence-corrected chi connectivity index (χ2v) is 5.39. The third-order valence-electron chi connectivity index (χ3n) is 4.40. The first-order valence-electron chi connectivity index (χ1n) is 6.86. The molecule has 2 saturated heterocycles. The van der Waals surface area contributed by atoms with Crippen molar-refractivity contribution in [2.24, 2.45) is 0 Å². The van der Waals surface area contributed by atoms with Gasteiger partial charge < -0.3 is 4.90 Å². The van der Waals surface area contributed by atoms with Crippen molar-refractivity contribution in [1.82, 2.24) is 14.7 Å². The van der Waals surface area contributed by atoms with Gasteiger partial charge in [-0.05, 0) is 19.8 Å². The molecule has 1 amide bonds. The maximum absolute atomic E-state index is 11.9. The predicted molar refractivity (Wildman–Crippen MR) is 68.9 cm³/mol. The first-order chi connectivity index (χ1) is 8.13. The van der Waals surface area contributed by atoms with Gasteiger partial charge in [0.2, 0.25) is 5.91 Å². The standard InChI is InChI=1S/C13H25N3O/c1-4-11(2)15-7-9-16(10-8-15)12-5-6-14(3)13(12)17/h11-12H,4-10H2,1-3H3. The van der Waals surface area contributed by atoms with Crippen LogP contribution in [0.15, 0.2) is 0 Å². The van der Waals surface area contributed by atoms with Gasteiger partial charge in [-0.1, -0.05) is 6.92 Å². The van der Waals surface area contributed by atoms with Crippen molar-refractivity contribution in [2.45, 2.75) is 38.8 Å². The summed E-state index contributed by atoms with van der Waals surface area (Å²) in [6.07, 6.45) is 2.23. The molecule has 0 radical (unpaired) electrons. The Kier molecular flexibility index (Phi) is 4.05. The van der Waals surface area contributed by atoms with E-state index in [1.165, 1.54) is 6.42 Å². The molecule has 2 atom stereocenters. The minimum atomic E-state index is 0.166. The summed E-state index contributed by atoms with van der Waals surface area (Å²) in [5.74, 6) is 0.321. The van der Waals surface area contributed by atoms with Gasteiger partial charge in [0.15, 0.2) is 0 Å². The van der Waals surface area contributed by atoms with Crippen LogP contribution in [-0.4, -0.2) is 72.5 Å². The predicted octanol–water partition coefficient (Wildman–Crippen LogP) is 0.633. The number of nitrogens with zero attached hydrogens (tertiary/aromatic N) is 3. The van der Waals surface area contributed by atoms with E-state index in [0.29, 0.717) is 11.9 Å². The highest BCUT2D eigenvalue weighted by Crippen LogP contribution is 2.18. The fraction of sp³-hybridized carbons (Fsp3) is 0.923. The van der Waals surface area contributed by atoms with Crippen molar-refractivity contribution in [1.29, 1.82) is 0 Å². The van der Waals surface area contributed by atoms with Gasteiger partial charge in [-0.3, -0.25) is 14.6 Å². The molecule has 0 aromatic heterocycles. The molecule has 0 spiro atoms. The van der Waals surface area contributed by atoms with Gasteiger partial charge in [0.25, 0.3) is 0 Å². The number of likely N-dealkylation sites (N-methyl/N-ethyl adjacent to an activating group) is 1. The fourth-order valence-electron chi connectivity index (χ4n) is 2.89. The minimum Gasteiger partial charge on any atom is -0.344 e. The molecule has 0 aliphatic carbocycles.